The van der Waals surface area contributed by atoms with Crippen molar-refractivity contribution >= 4 is 12.2 Å². The van der Waals surface area contributed by atoms with Crippen LogP contribution in [0, 0.1) is 0 Å². The number of fused-ring (bicyclic) bond motifs is 5. The van der Waals surface area contributed by atoms with E-state index in [4.69, 9.17) is 19.4 Å². The minimum atomic E-state index is -0.537. The molecule has 2 bridgehead atoms. The van der Waals surface area contributed by atoms with E-state index in [0.717, 1.165) is 59.8 Å². The van der Waals surface area contributed by atoms with Gasteiger partial charge < -0.3 is 19.4 Å². The lowest BCUT2D eigenvalue weighted by Crippen LogP contribution is -2.36. The second-order valence-electron chi connectivity index (χ2n) is 18.4. The smallest absolute Gasteiger partial charge is 0.410 e. The van der Waals surface area contributed by atoms with Crippen LogP contribution in [-0.2, 0) is 9.47 Å². The zero-order valence-corrected chi connectivity index (χ0v) is 34.0. The number of hydrogen-bond acceptors (Lipinski definition) is 6. The van der Waals surface area contributed by atoms with E-state index in [9.17, 15) is 9.59 Å². The number of carbonyl (C=O) groups is 2. The fraction of sp³-hybridized carbons (Fsp3) is 0.447. The van der Waals surface area contributed by atoms with Crippen LogP contribution < -0.4 is 0 Å². The summed E-state index contributed by atoms with van der Waals surface area (Å²) in [6.45, 7) is 12.7. The zero-order valence-electron chi connectivity index (χ0n) is 34.0. The van der Waals surface area contributed by atoms with Crippen molar-refractivity contribution in [3.8, 4) is 44.8 Å². The summed E-state index contributed by atoms with van der Waals surface area (Å²) in [4.78, 5) is 46.0. The fourth-order valence-corrected chi connectivity index (χ4v) is 9.67. The van der Waals surface area contributed by atoms with Crippen molar-refractivity contribution in [3.05, 3.63) is 95.8 Å². The van der Waals surface area contributed by atoms with E-state index in [1.807, 2.05) is 53.9 Å². The number of nitrogens with one attached hydrogen (secondary N) is 2. The topological polar surface area (TPSA) is 116 Å². The highest BCUT2D eigenvalue weighted by atomic mass is 16.6. The molecule has 2 amide bonds. The number of carbonyl (C=O) groups excluding carboxylic acids is 2. The van der Waals surface area contributed by atoms with Gasteiger partial charge in [-0.3, -0.25) is 9.80 Å². The molecule has 5 aromatic rings. The van der Waals surface area contributed by atoms with Crippen LogP contribution in [0.1, 0.15) is 133 Å². The van der Waals surface area contributed by atoms with Gasteiger partial charge in [-0.15, -0.1) is 0 Å². The second kappa shape index (κ2) is 14.2. The highest BCUT2D eigenvalue weighted by molar-refractivity contribution is 5.82. The van der Waals surface area contributed by atoms with Crippen molar-refractivity contribution in [2.45, 2.75) is 122 Å². The molecule has 57 heavy (non-hydrogen) atoms. The third kappa shape index (κ3) is 7.23. The minimum absolute atomic E-state index is 0.112. The maximum absolute atomic E-state index is 12.9. The Morgan fingerprint density at radius 3 is 1.35 bits per heavy atom. The average Bonchev–Trinajstić information content (AvgIpc) is 4.03. The largest absolute Gasteiger partial charge is 0.444 e. The molecule has 10 nitrogen and oxygen atoms in total. The summed E-state index contributed by atoms with van der Waals surface area (Å²) in [5.74, 6) is 2.79. The third-order valence-electron chi connectivity index (χ3n) is 12.1. The van der Waals surface area contributed by atoms with E-state index in [-0.39, 0.29) is 24.3 Å². The zero-order chi connectivity index (χ0) is 39.6. The van der Waals surface area contributed by atoms with Crippen LogP contribution in [0.2, 0.25) is 0 Å². The molecule has 296 valence electrons. The predicted molar refractivity (Wildman–Crippen MR) is 222 cm³/mol. The first-order valence-electron chi connectivity index (χ1n) is 20.8. The van der Waals surface area contributed by atoms with Crippen LogP contribution in [0.15, 0.2) is 73.1 Å². The number of amides is 2. The van der Waals surface area contributed by atoms with Crippen LogP contribution in [-0.4, -0.2) is 66.2 Å². The Balaban J connectivity index is 0.930. The minimum Gasteiger partial charge on any atom is -0.444 e. The number of aromatic nitrogens is 4. The normalized spacial score (nSPS) is 21.6. The van der Waals surface area contributed by atoms with Crippen molar-refractivity contribution < 1.29 is 19.1 Å². The number of aromatic amines is 2. The molecule has 1 saturated carbocycles. The lowest BCUT2D eigenvalue weighted by atomic mass is 9.81. The van der Waals surface area contributed by atoms with E-state index in [2.05, 4.69) is 70.6 Å². The monoisotopic (exact) mass is 766 g/mol. The number of imidazole rings is 2. The summed E-state index contributed by atoms with van der Waals surface area (Å²) in [6, 6.07) is 22.1. The van der Waals surface area contributed by atoms with Gasteiger partial charge >= 0.3 is 12.2 Å². The fourth-order valence-electron chi connectivity index (χ4n) is 9.67. The first kappa shape index (κ1) is 37.2. The van der Waals surface area contributed by atoms with Crippen LogP contribution in [0.5, 0.6) is 0 Å². The second-order valence-corrected chi connectivity index (χ2v) is 18.4. The Morgan fingerprint density at radius 1 is 0.579 bits per heavy atom. The Kier molecular flexibility index (Phi) is 9.28. The molecular formula is C47H54N6O4. The van der Waals surface area contributed by atoms with Crippen LogP contribution >= 0.6 is 0 Å². The maximum Gasteiger partial charge on any atom is 0.410 e. The van der Waals surface area contributed by atoms with Crippen molar-refractivity contribution in [2.24, 2.45) is 0 Å². The van der Waals surface area contributed by atoms with Gasteiger partial charge in [0.1, 0.15) is 22.9 Å². The summed E-state index contributed by atoms with van der Waals surface area (Å²) < 4.78 is 11.4. The van der Waals surface area contributed by atoms with Gasteiger partial charge in [0.25, 0.3) is 0 Å². The molecule has 0 radical (unpaired) electrons. The first-order valence-corrected chi connectivity index (χ1v) is 20.8. The SMILES string of the molecule is CC(C)(C)OC(=O)N1CCC[C@H]1c1ncc(-c2ccc(-c3ccc(-c4ccc(-c5cnc([C@@H]6CCCN6C(=O)OC(C)(C)C)[nH]5)cc4)c4c3C3CCC4C3)cc2)[nH]1. The van der Waals surface area contributed by atoms with E-state index >= 15 is 0 Å². The van der Waals surface area contributed by atoms with Crippen LogP contribution in [0.3, 0.4) is 0 Å². The molecule has 2 aromatic heterocycles. The summed E-state index contributed by atoms with van der Waals surface area (Å²) in [5, 5.41) is 0. The number of H-pyrrole nitrogens is 2. The molecule has 3 aromatic carbocycles. The summed E-state index contributed by atoms with van der Waals surface area (Å²) >= 11 is 0. The molecule has 4 heterocycles. The number of ether oxygens (including phenoxy) is 2. The number of benzene rings is 3. The molecule has 2 saturated heterocycles. The van der Waals surface area contributed by atoms with E-state index in [1.165, 1.54) is 52.6 Å². The van der Waals surface area contributed by atoms with Crippen molar-refractivity contribution in [3.63, 3.8) is 0 Å². The molecule has 10 heteroatoms. The molecule has 3 fully saturated rings. The standard InChI is InChI=1S/C47H54N6O4/c1-46(2,3)56-44(54)52-23-7-9-38(52)42-48-26-36(50-42)30-15-11-28(12-16-30)34-21-22-35(41-33-20-19-32(25-33)40(34)41)29-13-17-31(18-14-29)37-27-49-43(51-37)39-10-8-24-53(39)45(55)57-47(4,5)6/h11-18,21-22,26-27,32-33,38-39H,7-10,19-20,23-25H2,1-6H3,(H,48,50)(H,49,51)/t32?,33?,38-,39-/m0/s1. The van der Waals surface area contributed by atoms with Gasteiger partial charge in [-0.2, -0.15) is 0 Å². The average molecular weight is 767 g/mol. The van der Waals surface area contributed by atoms with Gasteiger partial charge in [0.2, 0.25) is 0 Å². The highest BCUT2D eigenvalue weighted by Gasteiger charge is 2.41. The highest BCUT2D eigenvalue weighted by Crippen LogP contribution is 2.58. The van der Waals surface area contributed by atoms with Gasteiger partial charge in [-0.25, -0.2) is 19.6 Å². The molecule has 4 atom stereocenters. The number of likely N-dealkylation sites (tertiary alicyclic amines) is 2. The Hall–Kier alpha value is -5.38. The van der Waals surface area contributed by atoms with Gasteiger partial charge in [0.05, 0.1) is 35.9 Å². The molecule has 2 unspecified atom stereocenters. The van der Waals surface area contributed by atoms with Crippen molar-refractivity contribution in [1.82, 2.24) is 29.7 Å². The quantitative estimate of drug-likeness (QED) is 0.178. The lowest BCUT2D eigenvalue weighted by molar-refractivity contribution is 0.0208. The molecule has 0 spiro atoms. The summed E-state index contributed by atoms with van der Waals surface area (Å²) in [5.41, 5.74) is 11.2. The first-order chi connectivity index (χ1) is 27.3. The molecule has 2 N–H and O–H groups in total. The van der Waals surface area contributed by atoms with Gasteiger partial charge in [-0.1, -0.05) is 60.7 Å². The van der Waals surface area contributed by atoms with Gasteiger partial charge in [0, 0.05) is 13.1 Å². The molecular weight excluding hydrogens is 713 g/mol. The Morgan fingerprint density at radius 2 is 0.965 bits per heavy atom. The van der Waals surface area contributed by atoms with Gasteiger partial charge in [0.15, 0.2) is 0 Å². The van der Waals surface area contributed by atoms with Crippen LogP contribution in [0.4, 0.5) is 9.59 Å². The molecule has 2 aliphatic carbocycles. The Bertz CT molecular complexity index is 2130. The predicted octanol–water partition coefficient (Wildman–Crippen LogP) is 11.3. The van der Waals surface area contributed by atoms with E-state index in [1.54, 1.807) is 9.80 Å². The number of nitrogens with zero attached hydrogens (tertiary/aromatic N) is 4. The maximum atomic E-state index is 12.9. The number of hydrogen-bond donors (Lipinski definition) is 2. The third-order valence-corrected chi connectivity index (χ3v) is 12.1. The van der Waals surface area contributed by atoms with E-state index < -0.39 is 11.2 Å². The van der Waals surface area contributed by atoms with Crippen LogP contribution in [0.25, 0.3) is 44.8 Å². The number of rotatable bonds is 6. The molecule has 9 rings (SSSR count). The van der Waals surface area contributed by atoms with Crippen molar-refractivity contribution in [2.75, 3.05) is 13.1 Å². The van der Waals surface area contributed by atoms with Gasteiger partial charge in [-0.05, 0) is 143 Å². The summed E-state index contributed by atoms with van der Waals surface area (Å²) in [7, 11) is 0. The lowest BCUT2D eigenvalue weighted by Gasteiger charge is -2.27. The summed E-state index contributed by atoms with van der Waals surface area (Å²) in [6.07, 6.45) is 10.5. The van der Waals surface area contributed by atoms with Crippen molar-refractivity contribution in [1.29, 1.82) is 0 Å². The Labute approximate surface area is 335 Å². The van der Waals surface area contributed by atoms with E-state index in [0.29, 0.717) is 24.9 Å². The molecule has 2 aliphatic heterocycles. The molecule has 4 aliphatic rings.